The summed E-state index contributed by atoms with van der Waals surface area (Å²) in [5.41, 5.74) is -2.07. The van der Waals surface area contributed by atoms with Gasteiger partial charge in [-0.1, -0.05) is 0 Å². The van der Waals surface area contributed by atoms with Crippen LogP contribution in [0.3, 0.4) is 0 Å². The first-order valence-electron chi connectivity index (χ1n) is 4.61. The summed E-state index contributed by atoms with van der Waals surface area (Å²) in [5.74, 6) is -1.30. The summed E-state index contributed by atoms with van der Waals surface area (Å²) < 4.78 is 25.6. The number of hydrogen-bond donors (Lipinski definition) is 3. The standard InChI is InChI=1S/C9H12N2O5S/c1-9(2,8(13)14)11-17(15,16)6-3-4-7(12)10-5-6/h3-5,11H,1-2H3,(H,10,12)(H,13,14). The van der Waals surface area contributed by atoms with E-state index in [2.05, 4.69) is 4.98 Å². The van der Waals surface area contributed by atoms with Crippen LogP contribution < -0.4 is 10.3 Å². The third kappa shape index (κ3) is 3.14. The third-order valence-electron chi connectivity index (χ3n) is 1.99. The second-order valence-electron chi connectivity index (χ2n) is 3.92. The SMILES string of the molecule is CC(C)(NS(=O)(=O)c1ccc(=O)[nH]c1)C(=O)O. The summed E-state index contributed by atoms with van der Waals surface area (Å²) in [4.78, 5) is 23.6. The van der Waals surface area contributed by atoms with Crippen molar-refractivity contribution >= 4 is 16.0 Å². The number of H-pyrrole nitrogens is 1. The van der Waals surface area contributed by atoms with Crippen molar-refractivity contribution in [2.24, 2.45) is 0 Å². The van der Waals surface area contributed by atoms with Gasteiger partial charge in [-0.3, -0.25) is 9.59 Å². The Morgan fingerprint density at radius 3 is 2.41 bits per heavy atom. The zero-order chi connectivity index (χ0) is 13.3. The van der Waals surface area contributed by atoms with Crippen LogP contribution in [-0.2, 0) is 14.8 Å². The number of pyridine rings is 1. The molecule has 0 atom stereocenters. The number of aliphatic carboxylic acids is 1. The summed E-state index contributed by atoms with van der Waals surface area (Å²) in [7, 11) is -3.98. The van der Waals surface area contributed by atoms with Crippen LogP contribution in [0.4, 0.5) is 0 Å². The van der Waals surface area contributed by atoms with Gasteiger partial charge in [-0.25, -0.2) is 8.42 Å². The molecule has 3 N–H and O–H groups in total. The molecule has 0 bridgehead atoms. The predicted octanol–water partition coefficient (Wildman–Crippen LogP) is -0.484. The molecule has 0 saturated carbocycles. The minimum absolute atomic E-state index is 0.202. The molecule has 0 aliphatic carbocycles. The summed E-state index contributed by atoms with van der Waals surface area (Å²) in [6, 6.07) is 2.14. The zero-order valence-corrected chi connectivity index (χ0v) is 10.0. The molecule has 0 radical (unpaired) electrons. The lowest BCUT2D eigenvalue weighted by atomic mass is 10.1. The van der Waals surface area contributed by atoms with Gasteiger partial charge in [0.15, 0.2) is 0 Å². The van der Waals surface area contributed by atoms with E-state index in [0.717, 1.165) is 18.3 Å². The van der Waals surface area contributed by atoms with E-state index in [-0.39, 0.29) is 4.90 Å². The number of nitrogens with one attached hydrogen (secondary N) is 2. The van der Waals surface area contributed by atoms with E-state index in [1.807, 2.05) is 4.72 Å². The van der Waals surface area contributed by atoms with Crippen molar-refractivity contribution in [1.29, 1.82) is 0 Å². The van der Waals surface area contributed by atoms with E-state index >= 15 is 0 Å². The molecule has 0 aliphatic heterocycles. The second kappa shape index (κ2) is 4.30. The van der Waals surface area contributed by atoms with Crippen molar-refractivity contribution in [3.05, 3.63) is 28.7 Å². The normalized spacial score (nSPS) is 12.4. The average molecular weight is 260 g/mol. The number of carboxylic acids is 1. The topological polar surface area (TPSA) is 116 Å². The van der Waals surface area contributed by atoms with Gasteiger partial charge in [-0.05, 0) is 19.9 Å². The van der Waals surface area contributed by atoms with Gasteiger partial charge in [0.1, 0.15) is 5.54 Å². The Labute approximate surface area is 97.5 Å². The maximum absolute atomic E-state index is 11.8. The molecular formula is C9H12N2O5S. The number of rotatable bonds is 4. The maximum atomic E-state index is 11.8. The molecule has 8 heteroatoms. The van der Waals surface area contributed by atoms with Crippen LogP contribution in [0.2, 0.25) is 0 Å². The minimum Gasteiger partial charge on any atom is -0.480 e. The number of aromatic nitrogens is 1. The fourth-order valence-corrected chi connectivity index (χ4v) is 2.34. The summed E-state index contributed by atoms with van der Waals surface area (Å²) in [6.07, 6.45) is 1.00. The Balaban J connectivity index is 3.09. The van der Waals surface area contributed by atoms with Crippen LogP contribution in [0.5, 0.6) is 0 Å². The number of hydrogen-bond acceptors (Lipinski definition) is 4. The first kappa shape index (κ1) is 13.4. The second-order valence-corrected chi connectivity index (χ2v) is 5.61. The molecule has 1 rings (SSSR count). The van der Waals surface area contributed by atoms with Crippen LogP contribution >= 0.6 is 0 Å². The van der Waals surface area contributed by atoms with Gasteiger partial charge in [0.2, 0.25) is 15.6 Å². The Bertz CT molecular complexity index is 567. The largest absolute Gasteiger partial charge is 0.480 e. The van der Waals surface area contributed by atoms with Gasteiger partial charge in [0.05, 0.1) is 4.90 Å². The lowest BCUT2D eigenvalue weighted by Crippen LogP contribution is -2.49. The van der Waals surface area contributed by atoms with Crippen molar-refractivity contribution in [3.8, 4) is 0 Å². The van der Waals surface area contributed by atoms with Gasteiger partial charge >= 0.3 is 5.97 Å². The fraction of sp³-hybridized carbons (Fsp3) is 0.333. The van der Waals surface area contributed by atoms with Gasteiger partial charge in [-0.2, -0.15) is 4.72 Å². The quantitative estimate of drug-likeness (QED) is 0.675. The Hall–Kier alpha value is -1.67. The van der Waals surface area contributed by atoms with Crippen LogP contribution in [0.25, 0.3) is 0 Å². The highest BCUT2D eigenvalue weighted by molar-refractivity contribution is 7.89. The number of carbonyl (C=O) groups is 1. The number of sulfonamides is 1. The molecule has 0 amide bonds. The van der Waals surface area contributed by atoms with E-state index < -0.39 is 27.1 Å². The average Bonchev–Trinajstić information content (AvgIpc) is 2.16. The highest BCUT2D eigenvalue weighted by Gasteiger charge is 2.32. The number of carboxylic acid groups (broad SMARTS) is 1. The molecule has 0 saturated heterocycles. The van der Waals surface area contributed by atoms with Crippen LogP contribution in [0.15, 0.2) is 28.0 Å². The lowest BCUT2D eigenvalue weighted by molar-refractivity contribution is -0.142. The smallest absolute Gasteiger partial charge is 0.324 e. The van der Waals surface area contributed by atoms with Crippen LogP contribution in [-0.4, -0.2) is 30.0 Å². The molecule has 1 heterocycles. The minimum atomic E-state index is -3.98. The van der Waals surface area contributed by atoms with Crippen molar-refractivity contribution in [3.63, 3.8) is 0 Å². The maximum Gasteiger partial charge on any atom is 0.324 e. The van der Waals surface area contributed by atoms with Gasteiger partial charge in [-0.15, -0.1) is 0 Å². The monoisotopic (exact) mass is 260 g/mol. The molecule has 94 valence electrons. The van der Waals surface area contributed by atoms with Gasteiger partial charge in [0.25, 0.3) is 0 Å². The molecule has 0 spiro atoms. The Kier molecular flexibility index (Phi) is 3.39. The van der Waals surface area contributed by atoms with Crippen molar-refractivity contribution in [2.75, 3.05) is 0 Å². The van der Waals surface area contributed by atoms with E-state index in [1.165, 1.54) is 13.8 Å². The van der Waals surface area contributed by atoms with Crippen molar-refractivity contribution in [1.82, 2.24) is 9.71 Å². The van der Waals surface area contributed by atoms with Gasteiger partial charge in [0, 0.05) is 12.3 Å². The van der Waals surface area contributed by atoms with E-state index in [0.29, 0.717) is 0 Å². The highest BCUT2D eigenvalue weighted by Crippen LogP contribution is 2.11. The zero-order valence-electron chi connectivity index (χ0n) is 9.22. The Morgan fingerprint density at radius 2 is 2.00 bits per heavy atom. The lowest BCUT2D eigenvalue weighted by Gasteiger charge is -2.20. The molecule has 1 aromatic heterocycles. The molecule has 0 aliphatic rings. The molecular weight excluding hydrogens is 248 g/mol. The predicted molar refractivity (Wildman–Crippen MR) is 59.1 cm³/mol. The van der Waals surface area contributed by atoms with E-state index in [1.54, 1.807) is 0 Å². The third-order valence-corrected chi connectivity index (χ3v) is 3.64. The molecule has 0 fully saturated rings. The first-order chi connectivity index (χ1) is 7.65. The highest BCUT2D eigenvalue weighted by atomic mass is 32.2. The molecule has 7 nitrogen and oxygen atoms in total. The van der Waals surface area contributed by atoms with Crippen molar-refractivity contribution < 1.29 is 18.3 Å². The van der Waals surface area contributed by atoms with Gasteiger partial charge < -0.3 is 10.1 Å². The summed E-state index contributed by atoms with van der Waals surface area (Å²) >= 11 is 0. The van der Waals surface area contributed by atoms with Crippen molar-refractivity contribution in [2.45, 2.75) is 24.3 Å². The van der Waals surface area contributed by atoms with E-state index in [9.17, 15) is 18.0 Å². The summed E-state index contributed by atoms with van der Waals surface area (Å²) in [5, 5.41) is 8.81. The van der Waals surface area contributed by atoms with Crippen LogP contribution in [0.1, 0.15) is 13.8 Å². The molecule has 0 unspecified atom stereocenters. The first-order valence-corrected chi connectivity index (χ1v) is 6.09. The fourth-order valence-electron chi connectivity index (χ4n) is 1.00. The Morgan fingerprint density at radius 1 is 1.41 bits per heavy atom. The summed E-state index contributed by atoms with van der Waals surface area (Å²) in [6.45, 7) is 2.44. The van der Waals surface area contributed by atoms with E-state index in [4.69, 9.17) is 5.11 Å². The molecule has 17 heavy (non-hydrogen) atoms. The number of aromatic amines is 1. The van der Waals surface area contributed by atoms with Crippen LogP contribution in [0, 0.1) is 0 Å². The molecule has 1 aromatic rings. The molecule has 0 aromatic carbocycles.